The third kappa shape index (κ3) is 2.94. The number of Topliss-reactive ketones (excluding diaryl/α,β-unsaturated/α-hetero) is 1. The molecule has 0 unspecified atom stereocenters. The van der Waals surface area contributed by atoms with Gasteiger partial charge in [-0.2, -0.15) is 0 Å². The Morgan fingerprint density at radius 3 is 2.82 bits per heavy atom. The molecular formula is C14H15NOS. The Labute approximate surface area is 105 Å². The van der Waals surface area contributed by atoms with Gasteiger partial charge in [0, 0.05) is 22.5 Å². The molecular weight excluding hydrogens is 230 g/mol. The largest absolute Gasteiger partial charge is 0.399 e. The van der Waals surface area contributed by atoms with Crippen LogP contribution >= 0.6 is 11.3 Å². The molecule has 0 bridgehead atoms. The minimum Gasteiger partial charge on any atom is -0.399 e. The fourth-order valence-electron chi connectivity index (χ4n) is 1.82. The van der Waals surface area contributed by atoms with Gasteiger partial charge >= 0.3 is 0 Å². The Morgan fingerprint density at radius 1 is 1.35 bits per heavy atom. The van der Waals surface area contributed by atoms with Crippen molar-refractivity contribution in [1.29, 1.82) is 0 Å². The van der Waals surface area contributed by atoms with Crippen LogP contribution in [0.2, 0.25) is 0 Å². The van der Waals surface area contributed by atoms with Gasteiger partial charge in [0.15, 0.2) is 5.78 Å². The van der Waals surface area contributed by atoms with Gasteiger partial charge in [0.1, 0.15) is 0 Å². The first-order chi connectivity index (χ1) is 8.16. The van der Waals surface area contributed by atoms with Crippen LogP contribution in [0.4, 0.5) is 5.69 Å². The second-order valence-electron chi connectivity index (χ2n) is 4.06. The highest BCUT2D eigenvalue weighted by Gasteiger charge is 2.09. The molecule has 1 aromatic heterocycles. The second-order valence-corrected chi connectivity index (χ2v) is 5.18. The summed E-state index contributed by atoms with van der Waals surface area (Å²) in [6.45, 7) is 1.98. The van der Waals surface area contributed by atoms with E-state index in [-0.39, 0.29) is 5.78 Å². The zero-order valence-corrected chi connectivity index (χ0v) is 10.6. The lowest BCUT2D eigenvalue weighted by Crippen LogP contribution is -2.01. The Balaban J connectivity index is 1.99. The number of rotatable bonds is 4. The number of hydrogen-bond donors (Lipinski definition) is 1. The van der Waals surface area contributed by atoms with E-state index >= 15 is 0 Å². The van der Waals surface area contributed by atoms with Crippen molar-refractivity contribution in [3.63, 3.8) is 0 Å². The molecule has 1 heterocycles. The molecule has 2 nitrogen and oxygen atoms in total. The summed E-state index contributed by atoms with van der Waals surface area (Å²) in [5.41, 5.74) is 8.43. The molecule has 0 aliphatic heterocycles. The third-order valence-corrected chi connectivity index (χ3v) is 3.60. The molecule has 0 aliphatic carbocycles. The van der Waals surface area contributed by atoms with Crippen LogP contribution in [0.25, 0.3) is 0 Å². The summed E-state index contributed by atoms with van der Waals surface area (Å²) < 4.78 is 0. The zero-order chi connectivity index (χ0) is 12.3. The Bertz CT molecular complexity index is 531. The highest BCUT2D eigenvalue weighted by Crippen LogP contribution is 2.18. The van der Waals surface area contributed by atoms with Crippen LogP contribution in [0, 0.1) is 6.92 Å². The number of nitrogen functional groups attached to an aromatic ring is 1. The molecule has 3 heteroatoms. The number of thiophene rings is 1. The van der Waals surface area contributed by atoms with Gasteiger partial charge in [-0.15, -0.1) is 11.3 Å². The molecule has 0 spiro atoms. The topological polar surface area (TPSA) is 43.1 Å². The molecule has 0 atom stereocenters. The first kappa shape index (κ1) is 11.9. The lowest BCUT2D eigenvalue weighted by atomic mass is 10.0. The molecule has 88 valence electrons. The van der Waals surface area contributed by atoms with Crippen molar-refractivity contribution in [1.82, 2.24) is 0 Å². The number of hydrogen-bond acceptors (Lipinski definition) is 3. The van der Waals surface area contributed by atoms with Crippen LogP contribution in [0.15, 0.2) is 35.7 Å². The predicted molar refractivity (Wildman–Crippen MR) is 72.6 cm³/mol. The molecule has 2 aromatic rings. The summed E-state index contributed by atoms with van der Waals surface area (Å²) in [7, 11) is 0. The average molecular weight is 245 g/mol. The maximum atomic E-state index is 12.0. The van der Waals surface area contributed by atoms with Gasteiger partial charge in [-0.25, -0.2) is 0 Å². The van der Waals surface area contributed by atoms with Crippen LogP contribution in [-0.2, 0) is 6.42 Å². The van der Waals surface area contributed by atoms with Crippen molar-refractivity contribution < 1.29 is 4.79 Å². The number of ketones is 1. The van der Waals surface area contributed by atoms with E-state index in [0.717, 1.165) is 28.1 Å². The van der Waals surface area contributed by atoms with E-state index < -0.39 is 0 Å². The van der Waals surface area contributed by atoms with Gasteiger partial charge in [0.25, 0.3) is 0 Å². The maximum absolute atomic E-state index is 12.0. The van der Waals surface area contributed by atoms with E-state index in [2.05, 4.69) is 0 Å². The average Bonchev–Trinajstić information content (AvgIpc) is 2.72. The van der Waals surface area contributed by atoms with E-state index in [4.69, 9.17) is 5.73 Å². The van der Waals surface area contributed by atoms with Gasteiger partial charge in [-0.3, -0.25) is 4.79 Å². The molecule has 2 N–H and O–H groups in total. The highest BCUT2D eigenvalue weighted by molar-refractivity contribution is 7.10. The smallest absolute Gasteiger partial charge is 0.164 e. The molecule has 0 amide bonds. The first-order valence-electron chi connectivity index (χ1n) is 5.58. The van der Waals surface area contributed by atoms with Crippen LogP contribution in [0.3, 0.4) is 0 Å². The van der Waals surface area contributed by atoms with Gasteiger partial charge in [-0.1, -0.05) is 12.1 Å². The molecule has 0 saturated carbocycles. The van der Waals surface area contributed by atoms with Crippen molar-refractivity contribution in [2.24, 2.45) is 0 Å². The molecule has 0 fully saturated rings. The van der Waals surface area contributed by atoms with E-state index in [1.807, 2.05) is 42.6 Å². The molecule has 17 heavy (non-hydrogen) atoms. The number of aryl methyl sites for hydroxylation is 2. The minimum atomic E-state index is 0.214. The van der Waals surface area contributed by atoms with Gasteiger partial charge in [0.2, 0.25) is 0 Å². The monoisotopic (exact) mass is 245 g/mol. The molecule has 1 aromatic carbocycles. The standard InChI is InChI=1S/C14H15NOS/c1-10-13(7-8-17-10)14(16)6-5-11-3-2-4-12(15)9-11/h2-4,7-9H,5-6,15H2,1H3. The Morgan fingerprint density at radius 2 is 2.18 bits per heavy atom. The Kier molecular flexibility index (Phi) is 3.59. The molecule has 2 rings (SSSR count). The zero-order valence-electron chi connectivity index (χ0n) is 9.77. The summed E-state index contributed by atoms with van der Waals surface area (Å²) in [6.07, 6.45) is 1.29. The van der Waals surface area contributed by atoms with Crippen molar-refractivity contribution in [3.05, 3.63) is 51.7 Å². The van der Waals surface area contributed by atoms with Gasteiger partial charge in [0.05, 0.1) is 0 Å². The SMILES string of the molecule is Cc1sccc1C(=O)CCc1cccc(N)c1. The third-order valence-electron chi connectivity index (χ3n) is 2.75. The van der Waals surface area contributed by atoms with Crippen molar-refractivity contribution >= 4 is 22.8 Å². The fraction of sp³-hybridized carbons (Fsp3) is 0.214. The lowest BCUT2D eigenvalue weighted by Gasteiger charge is -2.02. The predicted octanol–water partition coefficient (Wildman–Crippen LogP) is 3.45. The summed E-state index contributed by atoms with van der Waals surface area (Å²) in [6, 6.07) is 9.61. The van der Waals surface area contributed by atoms with Crippen molar-refractivity contribution in [3.8, 4) is 0 Å². The summed E-state index contributed by atoms with van der Waals surface area (Å²) in [4.78, 5) is 13.1. The summed E-state index contributed by atoms with van der Waals surface area (Å²) >= 11 is 1.62. The van der Waals surface area contributed by atoms with Gasteiger partial charge in [-0.05, 0) is 42.5 Å². The second kappa shape index (κ2) is 5.15. The quantitative estimate of drug-likeness (QED) is 0.662. The van der Waals surface area contributed by atoms with Crippen molar-refractivity contribution in [2.45, 2.75) is 19.8 Å². The Hall–Kier alpha value is -1.61. The first-order valence-corrected chi connectivity index (χ1v) is 6.46. The van der Waals surface area contributed by atoms with Crippen LogP contribution < -0.4 is 5.73 Å². The van der Waals surface area contributed by atoms with E-state index in [0.29, 0.717) is 6.42 Å². The fourth-order valence-corrected chi connectivity index (χ4v) is 2.53. The number of nitrogens with two attached hydrogens (primary N) is 1. The molecule has 0 radical (unpaired) electrons. The number of anilines is 1. The van der Waals surface area contributed by atoms with Crippen molar-refractivity contribution in [2.75, 3.05) is 5.73 Å². The lowest BCUT2D eigenvalue weighted by molar-refractivity contribution is 0.0983. The van der Waals surface area contributed by atoms with E-state index in [1.165, 1.54) is 0 Å². The van der Waals surface area contributed by atoms with E-state index in [1.54, 1.807) is 11.3 Å². The minimum absolute atomic E-state index is 0.214. The highest BCUT2D eigenvalue weighted by atomic mass is 32.1. The number of benzene rings is 1. The van der Waals surface area contributed by atoms with Crippen LogP contribution in [0.1, 0.15) is 27.2 Å². The summed E-state index contributed by atoms with van der Waals surface area (Å²) in [5.74, 6) is 0.214. The molecule has 0 saturated heterocycles. The normalized spacial score (nSPS) is 10.4. The number of carbonyl (C=O) groups excluding carboxylic acids is 1. The molecule has 0 aliphatic rings. The van der Waals surface area contributed by atoms with E-state index in [9.17, 15) is 4.79 Å². The summed E-state index contributed by atoms with van der Waals surface area (Å²) in [5, 5.41) is 1.96. The van der Waals surface area contributed by atoms with Crippen LogP contribution in [0.5, 0.6) is 0 Å². The number of carbonyl (C=O) groups is 1. The maximum Gasteiger partial charge on any atom is 0.164 e. The van der Waals surface area contributed by atoms with Gasteiger partial charge < -0.3 is 5.73 Å². The van der Waals surface area contributed by atoms with Crippen LogP contribution in [-0.4, -0.2) is 5.78 Å².